The smallest absolute Gasteiger partial charge is 0.131 e. The van der Waals surface area contributed by atoms with Crippen molar-refractivity contribution < 1.29 is 9.53 Å². The molecular formula is C10H19NO2. The van der Waals surface area contributed by atoms with Gasteiger partial charge in [0.15, 0.2) is 0 Å². The second kappa shape index (κ2) is 4.72. The topological polar surface area (TPSA) is 29.5 Å². The molecule has 0 aromatic carbocycles. The van der Waals surface area contributed by atoms with Gasteiger partial charge in [0.25, 0.3) is 0 Å². The zero-order valence-electron chi connectivity index (χ0n) is 8.75. The molecule has 0 amide bonds. The zero-order chi connectivity index (χ0) is 9.84. The van der Waals surface area contributed by atoms with Gasteiger partial charge in [0, 0.05) is 25.6 Å². The van der Waals surface area contributed by atoms with Gasteiger partial charge in [-0.15, -0.1) is 0 Å². The first-order valence-electron chi connectivity index (χ1n) is 4.92. The lowest BCUT2D eigenvalue weighted by Gasteiger charge is -2.25. The fourth-order valence-electron chi connectivity index (χ4n) is 1.80. The van der Waals surface area contributed by atoms with Crippen molar-refractivity contribution in [2.75, 3.05) is 20.2 Å². The quantitative estimate of drug-likeness (QED) is 0.656. The van der Waals surface area contributed by atoms with Crippen molar-refractivity contribution in [3.8, 4) is 0 Å². The predicted octanol–water partition coefficient (Wildman–Crippen LogP) is 1.07. The number of hydrogen-bond acceptors (Lipinski definition) is 3. The Morgan fingerprint density at radius 1 is 1.62 bits per heavy atom. The molecule has 0 spiro atoms. The summed E-state index contributed by atoms with van der Waals surface area (Å²) in [6, 6.07) is 0.499. The molecule has 3 heteroatoms. The van der Waals surface area contributed by atoms with E-state index in [1.54, 1.807) is 6.92 Å². The number of rotatable bonds is 4. The highest BCUT2D eigenvalue weighted by Gasteiger charge is 2.27. The van der Waals surface area contributed by atoms with Gasteiger partial charge in [0.2, 0.25) is 0 Å². The van der Waals surface area contributed by atoms with E-state index in [-0.39, 0.29) is 5.78 Å². The van der Waals surface area contributed by atoms with E-state index >= 15 is 0 Å². The second-order valence-corrected chi connectivity index (χ2v) is 3.86. The molecule has 0 aliphatic carbocycles. The average molecular weight is 185 g/mol. The van der Waals surface area contributed by atoms with Gasteiger partial charge in [0.1, 0.15) is 5.78 Å². The van der Waals surface area contributed by atoms with Crippen LogP contribution in [0.1, 0.15) is 26.7 Å². The third-order valence-corrected chi connectivity index (χ3v) is 2.72. The minimum absolute atomic E-state index is 0.262. The predicted molar refractivity (Wildman–Crippen MR) is 51.7 cm³/mol. The Morgan fingerprint density at radius 2 is 2.31 bits per heavy atom. The van der Waals surface area contributed by atoms with Crippen LogP contribution in [0.15, 0.2) is 0 Å². The molecule has 0 aromatic heterocycles. The Kier molecular flexibility index (Phi) is 3.88. The largest absolute Gasteiger partial charge is 0.377 e. The Bertz CT molecular complexity index is 182. The van der Waals surface area contributed by atoms with E-state index in [0.717, 1.165) is 19.6 Å². The maximum absolute atomic E-state index is 10.8. The first-order valence-corrected chi connectivity index (χ1v) is 4.92. The third-order valence-electron chi connectivity index (χ3n) is 2.72. The van der Waals surface area contributed by atoms with Crippen LogP contribution in [0, 0.1) is 0 Å². The van der Waals surface area contributed by atoms with Gasteiger partial charge in [-0.1, -0.05) is 0 Å². The highest BCUT2D eigenvalue weighted by molar-refractivity contribution is 5.75. The van der Waals surface area contributed by atoms with Crippen molar-refractivity contribution in [3.63, 3.8) is 0 Å². The monoisotopic (exact) mass is 185 g/mol. The first-order chi connectivity index (χ1) is 6.11. The number of nitrogens with zero attached hydrogens (tertiary/aromatic N) is 1. The zero-order valence-corrected chi connectivity index (χ0v) is 8.75. The number of hydrogen-bond donors (Lipinski definition) is 0. The molecule has 1 saturated heterocycles. The van der Waals surface area contributed by atoms with Crippen LogP contribution < -0.4 is 0 Å². The van der Waals surface area contributed by atoms with Crippen LogP contribution in [0.2, 0.25) is 0 Å². The number of carbonyl (C=O) groups is 1. The lowest BCUT2D eigenvalue weighted by Crippen LogP contribution is -2.37. The summed E-state index contributed by atoms with van der Waals surface area (Å²) in [6.07, 6.45) is 2.06. The van der Waals surface area contributed by atoms with Gasteiger partial charge in [-0.05, 0) is 27.3 Å². The van der Waals surface area contributed by atoms with Gasteiger partial charge in [-0.2, -0.15) is 0 Å². The van der Waals surface area contributed by atoms with Gasteiger partial charge in [0.05, 0.1) is 6.10 Å². The van der Waals surface area contributed by atoms with Gasteiger partial charge >= 0.3 is 0 Å². The van der Waals surface area contributed by atoms with E-state index in [9.17, 15) is 4.79 Å². The summed E-state index contributed by atoms with van der Waals surface area (Å²) < 4.78 is 5.47. The summed E-state index contributed by atoms with van der Waals surface area (Å²) in [4.78, 5) is 13.0. The number of ether oxygens (including phenoxy) is 1. The molecule has 1 aliphatic rings. The average Bonchev–Trinajstić information content (AvgIpc) is 2.47. The van der Waals surface area contributed by atoms with Gasteiger partial charge in [-0.25, -0.2) is 0 Å². The summed E-state index contributed by atoms with van der Waals surface area (Å²) in [5.74, 6) is 0.262. The van der Waals surface area contributed by atoms with Gasteiger partial charge in [-0.3, -0.25) is 4.79 Å². The van der Waals surface area contributed by atoms with Crippen molar-refractivity contribution in [1.82, 2.24) is 4.90 Å². The highest BCUT2D eigenvalue weighted by atomic mass is 16.5. The van der Waals surface area contributed by atoms with Crippen molar-refractivity contribution in [3.05, 3.63) is 0 Å². The van der Waals surface area contributed by atoms with Crippen molar-refractivity contribution in [1.29, 1.82) is 0 Å². The Morgan fingerprint density at radius 3 is 2.77 bits per heavy atom. The highest BCUT2D eigenvalue weighted by Crippen LogP contribution is 2.17. The number of Topliss-reactive ketones (excluding diaryl/α,β-unsaturated/α-hetero) is 1. The molecule has 1 rings (SSSR count). The molecule has 0 bridgehead atoms. The van der Waals surface area contributed by atoms with Crippen molar-refractivity contribution in [2.45, 2.75) is 38.8 Å². The normalized spacial score (nSPS) is 28.3. The fourth-order valence-corrected chi connectivity index (χ4v) is 1.80. The third kappa shape index (κ3) is 3.08. The van der Waals surface area contributed by atoms with Crippen molar-refractivity contribution in [2.24, 2.45) is 0 Å². The Labute approximate surface area is 80.1 Å². The summed E-state index contributed by atoms with van der Waals surface area (Å²) in [5.41, 5.74) is 0. The van der Waals surface area contributed by atoms with E-state index in [2.05, 4.69) is 18.9 Å². The summed E-state index contributed by atoms with van der Waals surface area (Å²) in [6.45, 7) is 5.45. The summed E-state index contributed by atoms with van der Waals surface area (Å²) >= 11 is 0. The molecule has 0 radical (unpaired) electrons. The molecule has 1 heterocycles. The SMILES string of the molecule is CC(=O)CCN(C)C1CCOC1C. The molecular weight excluding hydrogens is 166 g/mol. The minimum atomic E-state index is 0.262. The molecule has 2 atom stereocenters. The lowest BCUT2D eigenvalue weighted by atomic mass is 10.1. The minimum Gasteiger partial charge on any atom is -0.377 e. The van der Waals surface area contributed by atoms with E-state index in [0.29, 0.717) is 18.6 Å². The standard InChI is InChI=1S/C10H19NO2/c1-8(12)4-6-11(3)10-5-7-13-9(10)2/h9-10H,4-7H2,1-3H3. The van der Waals surface area contributed by atoms with Crippen LogP contribution in [-0.2, 0) is 9.53 Å². The Balaban J connectivity index is 2.29. The molecule has 0 saturated carbocycles. The molecule has 13 heavy (non-hydrogen) atoms. The molecule has 1 fully saturated rings. The van der Waals surface area contributed by atoms with E-state index in [1.807, 2.05) is 0 Å². The number of ketones is 1. The molecule has 1 aliphatic heterocycles. The van der Waals surface area contributed by atoms with E-state index < -0.39 is 0 Å². The summed E-state index contributed by atoms with van der Waals surface area (Å²) in [5, 5.41) is 0. The van der Waals surface area contributed by atoms with E-state index in [4.69, 9.17) is 4.74 Å². The lowest BCUT2D eigenvalue weighted by molar-refractivity contribution is -0.117. The molecule has 0 aromatic rings. The molecule has 2 unspecified atom stereocenters. The molecule has 0 N–H and O–H groups in total. The molecule has 3 nitrogen and oxygen atoms in total. The van der Waals surface area contributed by atoms with Crippen LogP contribution in [-0.4, -0.2) is 43.0 Å². The second-order valence-electron chi connectivity index (χ2n) is 3.86. The number of likely N-dealkylation sites (N-methyl/N-ethyl adjacent to an activating group) is 1. The van der Waals surface area contributed by atoms with Crippen molar-refractivity contribution >= 4 is 5.78 Å². The fraction of sp³-hybridized carbons (Fsp3) is 0.900. The van der Waals surface area contributed by atoms with Crippen LogP contribution in [0.25, 0.3) is 0 Å². The van der Waals surface area contributed by atoms with Crippen LogP contribution in [0.5, 0.6) is 0 Å². The van der Waals surface area contributed by atoms with E-state index in [1.165, 1.54) is 0 Å². The first kappa shape index (κ1) is 10.7. The maximum Gasteiger partial charge on any atom is 0.131 e. The van der Waals surface area contributed by atoms with Crippen LogP contribution in [0.3, 0.4) is 0 Å². The summed E-state index contributed by atoms with van der Waals surface area (Å²) in [7, 11) is 2.07. The van der Waals surface area contributed by atoms with Crippen LogP contribution in [0.4, 0.5) is 0 Å². The number of carbonyl (C=O) groups excluding carboxylic acids is 1. The maximum atomic E-state index is 10.8. The Hall–Kier alpha value is -0.410. The van der Waals surface area contributed by atoms with Crippen LogP contribution >= 0.6 is 0 Å². The van der Waals surface area contributed by atoms with Gasteiger partial charge < -0.3 is 9.64 Å². The molecule has 76 valence electrons.